The third-order valence-electron chi connectivity index (χ3n) is 5.31. The summed E-state index contributed by atoms with van der Waals surface area (Å²) in [6, 6.07) is 16.8. The van der Waals surface area contributed by atoms with E-state index >= 15 is 0 Å². The van der Waals surface area contributed by atoms with Gasteiger partial charge in [0.1, 0.15) is 11.5 Å². The maximum Gasteiger partial charge on any atom is 0.272 e. The maximum atomic E-state index is 14.3. The van der Waals surface area contributed by atoms with Crippen molar-refractivity contribution in [2.75, 3.05) is 0 Å². The first-order valence-electron chi connectivity index (χ1n) is 9.84. The summed E-state index contributed by atoms with van der Waals surface area (Å²) in [7, 11) is 0. The van der Waals surface area contributed by atoms with Crippen LogP contribution in [0.3, 0.4) is 0 Å². The van der Waals surface area contributed by atoms with Gasteiger partial charge in [-0.05, 0) is 56.7 Å². The minimum absolute atomic E-state index is 0.0309. The van der Waals surface area contributed by atoms with E-state index in [4.69, 9.17) is 0 Å². The minimum Gasteiger partial charge on any atom is -0.348 e. The number of hydrogen-bond donors (Lipinski definition) is 1. The van der Waals surface area contributed by atoms with Crippen LogP contribution in [0.2, 0.25) is 0 Å². The van der Waals surface area contributed by atoms with Crippen LogP contribution in [0.15, 0.2) is 54.6 Å². The van der Waals surface area contributed by atoms with E-state index in [2.05, 4.69) is 22.5 Å². The van der Waals surface area contributed by atoms with E-state index in [0.29, 0.717) is 11.4 Å². The largest absolute Gasteiger partial charge is 0.348 e. The lowest BCUT2D eigenvalue weighted by Crippen LogP contribution is -2.33. The fraction of sp³-hybridized carbons (Fsp3) is 0.304. The summed E-state index contributed by atoms with van der Waals surface area (Å²) in [4.78, 5) is 12.9. The number of amides is 1. The fourth-order valence-corrected chi connectivity index (χ4v) is 3.83. The number of nitrogens with zero attached hydrogens (tertiary/aromatic N) is 2. The Kier molecular flexibility index (Phi) is 5.24. The van der Waals surface area contributed by atoms with Gasteiger partial charge in [0, 0.05) is 17.3 Å². The van der Waals surface area contributed by atoms with Crippen LogP contribution in [-0.4, -0.2) is 21.7 Å². The van der Waals surface area contributed by atoms with Gasteiger partial charge in [-0.2, -0.15) is 5.10 Å². The number of nitrogens with one attached hydrogen (secondary N) is 1. The quantitative estimate of drug-likeness (QED) is 0.698. The highest BCUT2D eigenvalue weighted by molar-refractivity contribution is 5.94. The molecule has 2 aromatic carbocycles. The molecule has 0 radical (unpaired) electrons. The summed E-state index contributed by atoms with van der Waals surface area (Å²) >= 11 is 0. The maximum absolute atomic E-state index is 14.3. The van der Waals surface area contributed by atoms with Crippen molar-refractivity contribution >= 4 is 5.91 Å². The van der Waals surface area contributed by atoms with Crippen molar-refractivity contribution in [2.45, 2.75) is 45.1 Å². The molecule has 0 spiro atoms. The van der Waals surface area contributed by atoms with Crippen LogP contribution in [0.1, 0.15) is 47.1 Å². The minimum atomic E-state index is -0.331. The summed E-state index contributed by atoms with van der Waals surface area (Å²) in [5.41, 5.74) is 4.00. The number of carbonyl (C=O) groups excluding carboxylic acids is 1. The topological polar surface area (TPSA) is 46.9 Å². The lowest BCUT2D eigenvalue weighted by atomic mass is 10.1. The SMILES string of the molecule is CC(CCc1ccccc1)NC(=O)c1nn(-c2ccccc2F)c2c1CCC2. The van der Waals surface area contributed by atoms with E-state index in [-0.39, 0.29) is 17.8 Å². The number of aryl methyl sites for hydroxylation is 1. The molecular weight excluding hydrogens is 353 g/mol. The van der Waals surface area contributed by atoms with Crippen molar-refractivity contribution in [3.05, 3.63) is 82.9 Å². The number of fused-ring (bicyclic) bond motifs is 1. The van der Waals surface area contributed by atoms with Crippen LogP contribution in [0, 0.1) is 5.82 Å². The van der Waals surface area contributed by atoms with E-state index in [1.165, 1.54) is 11.6 Å². The van der Waals surface area contributed by atoms with Crippen molar-refractivity contribution in [3.8, 4) is 5.69 Å². The molecule has 5 heteroatoms. The smallest absolute Gasteiger partial charge is 0.272 e. The molecule has 28 heavy (non-hydrogen) atoms. The lowest BCUT2D eigenvalue weighted by Gasteiger charge is -2.13. The predicted octanol–water partition coefficient (Wildman–Crippen LogP) is 4.25. The standard InChI is InChI=1S/C23H24FN3O/c1-16(14-15-17-8-3-2-4-9-17)25-23(28)22-18-10-7-13-20(18)27(26-22)21-12-6-5-11-19(21)24/h2-6,8-9,11-12,16H,7,10,13-15H2,1H3,(H,25,28). The second-order valence-electron chi connectivity index (χ2n) is 7.39. The van der Waals surface area contributed by atoms with Crippen molar-refractivity contribution in [2.24, 2.45) is 0 Å². The highest BCUT2D eigenvalue weighted by atomic mass is 19.1. The lowest BCUT2D eigenvalue weighted by molar-refractivity contribution is 0.0932. The van der Waals surface area contributed by atoms with E-state index in [1.54, 1.807) is 22.9 Å². The molecule has 1 atom stereocenters. The molecule has 0 saturated heterocycles. The Hall–Kier alpha value is -2.95. The highest BCUT2D eigenvalue weighted by Crippen LogP contribution is 2.28. The third kappa shape index (κ3) is 3.70. The zero-order valence-corrected chi connectivity index (χ0v) is 16.0. The Labute approximate surface area is 164 Å². The second kappa shape index (κ2) is 7.97. The van der Waals surface area contributed by atoms with E-state index < -0.39 is 0 Å². The first kappa shape index (κ1) is 18.4. The molecule has 1 N–H and O–H groups in total. The molecule has 1 aliphatic carbocycles. The number of aromatic nitrogens is 2. The summed E-state index contributed by atoms with van der Waals surface area (Å²) in [6.45, 7) is 2.01. The summed E-state index contributed by atoms with van der Waals surface area (Å²) < 4.78 is 15.9. The van der Waals surface area contributed by atoms with Gasteiger partial charge in [-0.1, -0.05) is 42.5 Å². The third-order valence-corrected chi connectivity index (χ3v) is 5.31. The zero-order chi connectivity index (χ0) is 19.5. The summed E-state index contributed by atoms with van der Waals surface area (Å²) in [5.74, 6) is -0.503. The van der Waals surface area contributed by atoms with Crippen molar-refractivity contribution in [1.82, 2.24) is 15.1 Å². The summed E-state index contributed by atoms with van der Waals surface area (Å²) in [6.07, 6.45) is 4.35. The molecule has 1 unspecified atom stereocenters. The Morgan fingerprint density at radius 1 is 1.14 bits per heavy atom. The van der Waals surface area contributed by atoms with Crippen LogP contribution in [-0.2, 0) is 19.3 Å². The van der Waals surface area contributed by atoms with Gasteiger partial charge in [0.05, 0.1) is 0 Å². The van der Waals surface area contributed by atoms with Crippen molar-refractivity contribution in [1.29, 1.82) is 0 Å². The van der Waals surface area contributed by atoms with Crippen LogP contribution in [0.5, 0.6) is 0 Å². The van der Waals surface area contributed by atoms with Crippen molar-refractivity contribution in [3.63, 3.8) is 0 Å². The number of rotatable bonds is 6. The van der Waals surface area contributed by atoms with E-state index in [0.717, 1.165) is 43.4 Å². The fourth-order valence-electron chi connectivity index (χ4n) is 3.83. The second-order valence-corrected chi connectivity index (χ2v) is 7.39. The molecule has 0 saturated carbocycles. The average Bonchev–Trinajstić information content (AvgIpc) is 3.30. The van der Waals surface area contributed by atoms with Gasteiger partial charge in [-0.3, -0.25) is 4.79 Å². The van der Waals surface area contributed by atoms with Gasteiger partial charge in [-0.15, -0.1) is 0 Å². The number of benzene rings is 2. The van der Waals surface area contributed by atoms with Gasteiger partial charge in [0.15, 0.2) is 5.69 Å². The molecule has 0 bridgehead atoms. The Balaban J connectivity index is 1.50. The van der Waals surface area contributed by atoms with Crippen LogP contribution in [0.4, 0.5) is 4.39 Å². The highest BCUT2D eigenvalue weighted by Gasteiger charge is 2.28. The molecule has 0 aliphatic heterocycles. The predicted molar refractivity (Wildman–Crippen MR) is 107 cm³/mol. The van der Waals surface area contributed by atoms with Crippen LogP contribution in [0.25, 0.3) is 5.69 Å². The number of halogens is 1. The van der Waals surface area contributed by atoms with E-state index in [9.17, 15) is 9.18 Å². The van der Waals surface area contributed by atoms with Crippen LogP contribution >= 0.6 is 0 Å². The summed E-state index contributed by atoms with van der Waals surface area (Å²) in [5, 5.41) is 7.57. The molecule has 4 nitrogen and oxygen atoms in total. The van der Waals surface area contributed by atoms with Gasteiger partial charge >= 0.3 is 0 Å². The van der Waals surface area contributed by atoms with Gasteiger partial charge in [-0.25, -0.2) is 9.07 Å². The normalized spacial score (nSPS) is 13.9. The molecule has 4 rings (SSSR count). The molecule has 144 valence electrons. The number of hydrogen-bond acceptors (Lipinski definition) is 2. The average molecular weight is 377 g/mol. The Morgan fingerprint density at radius 2 is 1.89 bits per heavy atom. The molecule has 1 aromatic heterocycles. The Morgan fingerprint density at radius 3 is 2.68 bits per heavy atom. The first-order valence-corrected chi connectivity index (χ1v) is 9.84. The first-order chi connectivity index (χ1) is 13.6. The number of carbonyl (C=O) groups is 1. The van der Waals surface area contributed by atoms with Gasteiger partial charge < -0.3 is 5.32 Å². The van der Waals surface area contributed by atoms with Crippen molar-refractivity contribution < 1.29 is 9.18 Å². The van der Waals surface area contributed by atoms with E-state index in [1.807, 2.05) is 25.1 Å². The number of para-hydroxylation sites is 1. The molecule has 1 aliphatic rings. The molecule has 0 fully saturated rings. The molecule has 1 amide bonds. The monoisotopic (exact) mass is 377 g/mol. The molecule has 1 heterocycles. The molecule has 3 aromatic rings. The van der Waals surface area contributed by atoms with Crippen LogP contribution < -0.4 is 5.32 Å². The van der Waals surface area contributed by atoms with Gasteiger partial charge in [0.25, 0.3) is 5.91 Å². The Bertz CT molecular complexity index is 981. The zero-order valence-electron chi connectivity index (χ0n) is 16.0. The van der Waals surface area contributed by atoms with Gasteiger partial charge in [0.2, 0.25) is 0 Å². The molecular formula is C23H24FN3O.